The Morgan fingerprint density at radius 1 is 1.64 bits per heavy atom. The van der Waals surface area contributed by atoms with E-state index in [4.69, 9.17) is 4.74 Å². The minimum Gasteiger partial charge on any atom is -0.382 e. The SMILES string of the molecule is C=CC(=O)[SiH2]C1CCCCO1. The van der Waals surface area contributed by atoms with Gasteiger partial charge < -0.3 is 9.53 Å². The maximum Gasteiger partial charge on any atom is 0.139 e. The van der Waals surface area contributed by atoms with Gasteiger partial charge in [0.05, 0.1) is 5.73 Å². The number of ether oxygens (including phenoxy) is 1. The lowest BCUT2D eigenvalue weighted by Gasteiger charge is -2.20. The lowest BCUT2D eigenvalue weighted by molar-refractivity contribution is -0.108. The zero-order valence-electron chi connectivity index (χ0n) is 6.71. The van der Waals surface area contributed by atoms with E-state index < -0.39 is 9.52 Å². The predicted octanol–water partition coefficient (Wildman–Crippen LogP) is 0.394. The van der Waals surface area contributed by atoms with Crippen molar-refractivity contribution in [1.82, 2.24) is 0 Å². The fourth-order valence-electron chi connectivity index (χ4n) is 1.28. The third-order valence-corrected chi connectivity index (χ3v) is 3.72. The first-order chi connectivity index (χ1) is 5.33. The highest BCUT2D eigenvalue weighted by Crippen LogP contribution is 2.11. The summed E-state index contributed by atoms with van der Waals surface area (Å²) in [5.74, 6) is 0. The molecule has 1 fully saturated rings. The molecule has 3 heteroatoms. The Balaban J connectivity index is 2.24. The Morgan fingerprint density at radius 3 is 3.00 bits per heavy atom. The van der Waals surface area contributed by atoms with Crippen molar-refractivity contribution >= 4 is 14.9 Å². The first kappa shape index (κ1) is 8.68. The van der Waals surface area contributed by atoms with Gasteiger partial charge in [-0.25, -0.2) is 0 Å². The molecule has 0 amide bonds. The maximum atomic E-state index is 10.9. The minimum atomic E-state index is -0.689. The Labute approximate surface area is 69.4 Å². The molecule has 1 saturated heterocycles. The van der Waals surface area contributed by atoms with Crippen LogP contribution in [0.1, 0.15) is 19.3 Å². The molecule has 0 spiro atoms. The van der Waals surface area contributed by atoms with Gasteiger partial charge >= 0.3 is 0 Å². The fraction of sp³-hybridized carbons (Fsp3) is 0.625. The molecule has 0 bridgehead atoms. The third kappa shape index (κ3) is 2.99. The molecule has 0 radical (unpaired) electrons. The molecule has 1 aliphatic heterocycles. The number of hydrogen-bond donors (Lipinski definition) is 0. The summed E-state index contributed by atoms with van der Waals surface area (Å²) in [7, 11) is -0.689. The molecular weight excluding hydrogens is 156 g/mol. The van der Waals surface area contributed by atoms with Crippen molar-refractivity contribution in [3.8, 4) is 0 Å². The summed E-state index contributed by atoms with van der Waals surface area (Å²) in [4.78, 5) is 10.9. The van der Waals surface area contributed by atoms with Gasteiger partial charge in [0.15, 0.2) is 0 Å². The summed E-state index contributed by atoms with van der Waals surface area (Å²) in [6.45, 7) is 4.31. The Bertz CT molecular complexity index is 150. The first-order valence-corrected chi connectivity index (χ1v) is 5.62. The first-order valence-electron chi connectivity index (χ1n) is 4.10. The summed E-state index contributed by atoms with van der Waals surface area (Å²) in [6.07, 6.45) is 4.91. The van der Waals surface area contributed by atoms with Crippen LogP contribution in [0.5, 0.6) is 0 Å². The third-order valence-electron chi connectivity index (χ3n) is 1.93. The summed E-state index contributed by atoms with van der Waals surface area (Å²) in [6, 6.07) is 0. The average molecular weight is 170 g/mol. The minimum absolute atomic E-state index is 0.233. The van der Waals surface area contributed by atoms with Gasteiger partial charge in [0.1, 0.15) is 14.9 Å². The van der Waals surface area contributed by atoms with Crippen LogP contribution in [0.3, 0.4) is 0 Å². The molecule has 1 atom stereocenters. The Kier molecular flexibility index (Phi) is 3.52. The van der Waals surface area contributed by atoms with Gasteiger partial charge in [0.2, 0.25) is 0 Å². The van der Waals surface area contributed by atoms with Crippen molar-refractivity contribution < 1.29 is 9.53 Å². The van der Waals surface area contributed by atoms with Crippen molar-refractivity contribution in [3.63, 3.8) is 0 Å². The molecule has 1 aliphatic rings. The van der Waals surface area contributed by atoms with Gasteiger partial charge in [-0.1, -0.05) is 6.58 Å². The number of carbonyl (C=O) groups excluding carboxylic acids is 1. The molecule has 2 nitrogen and oxygen atoms in total. The number of rotatable bonds is 3. The average Bonchev–Trinajstić information content (AvgIpc) is 2.06. The summed E-state index contributed by atoms with van der Waals surface area (Å²) < 4.78 is 5.44. The van der Waals surface area contributed by atoms with Gasteiger partial charge in [-0.15, -0.1) is 0 Å². The van der Waals surface area contributed by atoms with E-state index in [0.29, 0.717) is 5.73 Å². The van der Waals surface area contributed by atoms with E-state index in [2.05, 4.69) is 6.58 Å². The highest BCUT2D eigenvalue weighted by Gasteiger charge is 2.16. The molecule has 0 aromatic carbocycles. The van der Waals surface area contributed by atoms with Crippen LogP contribution in [-0.4, -0.2) is 27.3 Å². The lowest BCUT2D eigenvalue weighted by atomic mass is 10.2. The highest BCUT2D eigenvalue weighted by molar-refractivity contribution is 6.77. The van der Waals surface area contributed by atoms with Gasteiger partial charge in [0, 0.05) is 6.61 Å². The quantitative estimate of drug-likeness (QED) is 0.452. The van der Waals surface area contributed by atoms with E-state index in [1.54, 1.807) is 0 Å². The van der Waals surface area contributed by atoms with Crippen LogP contribution in [0, 0.1) is 0 Å². The van der Waals surface area contributed by atoms with Crippen LogP contribution < -0.4 is 0 Å². The molecule has 0 aliphatic carbocycles. The van der Waals surface area contributed by atoms with Crippen molar-refractivity contribution in [2.45, 2.75) is 25.0 Å². The van der Waals surface area contributed by atoms with Crippen LogP contribution in [-0.2, 0) is 9.53 Å². The second-order valence-electron chi connectivity index (χ2n) is 2.86. The predicted molar refractivity (Wildman–Crippen MR) is 47.3 cm³/mol. The highest BCUT2D eigenvalue weighted by atomic mass is 28.2. The molecule has 62 valence electrons. The van der Waals surface area contributed by atoms with Crippen LogP contribution in [0.4, 0.5) is 0 Å². The van der Waals surface area contributed by atoms with E-state index in [1.165, 1.54) is 12.5 Å². The smallest absolute Gasteiger partial charge is 0.139 e. The summed E-state index contributed by atoms with van der Waals surface area (Å²) >= 11 is 0. The second kappa shape index (κ2) is 4.46. The number of carbonyl (C=O) groups is 1. The van der Waals surface area contributed by atoms with Gasteiger partial charge in [-0.2, -0.15) is 0 Å². The van der Waals surface area contributed by atoms with E-state index in [9.17, 15) is 4.79 Å². The standard InChI is InChI=1S/C8H14O2Si/c1-2-7(9)11-8-5-3-4-6-10-8/h2,8H,1,3-6,11H2. The Hall–Kier alpha value is -0.413. The molecule has 0 saturated carbocycles. The van der Waals surface area contributed by atoms with Crippen LogP contribution in [0.2, 0.25) is 0 Å². The normalized spacial score (nSPS) is 25.6. The second-order valence-corrected chi connectivity index (χ2v) is 4.88. The summed E-state index contributed by atoms with van der Waals surface area (Å²) in [5.41, 5.74) is 0.300. The van der Waals surface area contributed by atoms with E-state index in [0.717, 1.165) is 19.4 Å². The largest absolute Gasteiger partial charge is 0.382 e. The molecule has 0 aromatic heterocycles. The molecule has 1 heterocycles. The van der Waals surface area contributed by atoms with Crippen LogP contribution >= 0.6 is 0 Å². The van der Waals surface area contributed by atoms with E-state index in [1.807, 2.05) is 0 Å². The van der Waals surface area contributed by atoms with E-state index >= 15 is 0 Å². The molecule has 1 unspecified atom stereocenters. The van der Waals surface area contributed by atoms with Crippen LogP contribution in [0.15, 0.2) is 12.7 Å². The lowest BCUT2D eigenvalue weighted by Crippen LogP contribution is -2.29. The molecule has 11 heavy (non-hydrogen) atoms. The maximum absolute atomic E-state index is 10.9. The van der Waals surface area contributed by atoms with Crippen molar-refractivity contribution in [3.05, 3.63) is 12.7 Å². The number of hydrogen-bond acceptors (Lipinski definition) is 2. The zero-order chi connectivity index (χ0) is 8.10. The van der Waals surface area contributed by atoms with Gasteiger partial charge in [-0.05, 0) is 25.3 Å². The van der Waals surface area contributed by atoms with Gasteiger partial charge in [0.25, 0.3) is 0 Å². The number of allylic oxidation sites excluding steroid dienone is 1. The molecule has 0 aromatic rings. The zero-order valence-corrected chi connectivity index (χ0v) is 8.13. The monoisotopic (exact) mass is 170 g/mol. The van der Waals surface area contributed by atoms with Crippen molar-refractivity contribution in [2.75, 3.05) is 6.61 Å². The molecule has 1 rings (SSSR count). The van der Waals surface area contributed by atoms with Crippen molar-refractivity contribution in [2.24, 2.45) is 0 Å². The molecular formula is C8H14O2Si. The van der Waals surface area contributed by atoms with Crippen LogP contribution in [0.25, 0.3) is 0 Å². The Morgan fingerprint density at radius 2 is 2.45 bits per heavy atom. The van der Waals surface area contributed by atoms with E-state index in [-0.39, 0.29) is 5.41 Å². The molecule has 0 N–H and O–H groups in total. The van der Waals surface area contributed by atoms with Gasteiger partial charge in [-0.3, -0.25) is 0 Å². The van der Waals surface area contributed by atoms with Crippen molar-refractivity contribution in [1.29, 1.82) is 0 Å². The summed E-state index contributed by atoms with van der Waals surface area (Å²) in [5, 5.41) is 0.233. The fourth-order valence-corrected chi connectivity index (χ4v) is 2.67. The topological polar surface area (TPSA) is 26.3 Å².